The predicted molar refractivity (Wildman–Crippen MR) is 302 cm³/mol. The first-order chi connectivity index (χ1) is 37.4. The van der Waals surface area contributed by atoms with E-state index >= 15 is 9.18 Å². The number of likely N-dealkylation sites (tertiary alicyclic amines) is 1. The molecule has 1 saturated heterocycles. The number of amides is 7. The average Bonchev–Trinajstić information content (AvgIpc) is 3.91. The second kappa shape index (κ2) is 25.4. The first-order valence-corrected chi connectivity index (χ1v) is 27.8. The van der Waals surface area contributed by atoms with Gasteiger partial charge in [-0.25, -0.2) is 4.39 Å². The minimum Gasteiger partial charge on any atom is -0.347 e. The number of fused-ring (bicyclic) bond motifs is 2. The highest BCUT2D eigenvalue weighted by Crippen LogP contribution is 2.33. The molecular formula is C62H82FN9O7. The first-order valence-electron chi connectivity index (χ1n) is 27.8. The average molecular weight is 1080 g/mol. The van der Waals surface area contributed by atoms with Crippen LogP contribution < -0.4 is 31.9 Å². The lowest BCUT2D eigenvalue weighted by Crippen LogP contribution is -2.62. The summed E-state index contributed by atoms with van der Waals surface area (Å²) < 4.78 is 15.3. The number of halogens is 1. The molecule has 1 unspecified atom stereocenters. The maximum Gasteiger partial charge on any atom is 0.251 e. The smallest absolute Gasteiger partial charge is 0.251 e. The van der Waals surface area contributed by atoms with Crippen LogP contribution in [0, 0.1) is 16.6 Å². The Bertz CT molecular complexity index is 2860. The van der Waals surface area contributed by atoms with Crippen LogP contribution in [0.3, 0.4) is 0 Å². The minimum absolute atomic E-state index is 0.0199. The number of nitrogens with zero attached hydrogens (tertiary/aromatic N) is 3. The van der Waals surface area contributed by atoms with E-state index in [0.29, 0.717) is 16.7 Å². The Morgan fingerprint density at radius 2 is 1.23 bits per heavy atom. The third kappa shape index (κ3) is 14.3. The van der Waals surface area contributed by atoms with Crippen molar-refractivity contribution >= 4 is 41.4 Å². The topological polar surface area (TPSA) is 201 Å². The standard InChI is InChI=1S/C62H82FN9O7/c1-37(31-44-21-15-17-25-48(44)63)70(58(77)51-32-43-20-12-13-22-45(43)35-71(51)59(78)52(61(4,5)6)68-54(73)38(2)64-10)34-40-27-29-42(30-28-40)56(75)66-46-33-50(57(76)67-49-26-18-23-41-19-14-16-24-47(41)49)72(36-46)60(79)53(62(7,8)9)69-55(74)39(3)65-11/h12-17,19-22,24-25,27-30,37-39,46,49-53,64-65H,18,23,26,31-36H2,1-11H3,(H,66,75)(H,67,76)(H,68,73)(H,69,74)/t37-,38+,39+,46+,49-,50+,51+,52?,53-/m1/s1. The minimum atomic E-state index is -0.984. The van der Waals surface area contributed by atoms with E-state index in [0.717, 1.165) is 36.0 Å². The molecule has 17 heteroatoms. The van der Waals surface area contributed by atoms with Crippen LogP contribution >= 0.6 is 0 Å². The largest absolute Gasteiger partial charge is 0.347 e. The maximum atomic E-state index is 15.5. The fourth-order valence-corrected chi connectivity index (χ4v) is 11.0. The van der Waals surface area contributed by atoms with Gasteiger partial charge < -0.3 is 46.6 Å². The zero-order valence-corrected chi connectivity index (χ0v) is 47.9. The van der Waals surface area contributed by atoms with Crippen molar-refractivity contribution in [2.45, 2.75) is 168 Å². The molecule has 3 aliphatic rings. The summed E-state index contributed by atoms with van der Waals surface area (Å²) in [7, 11) is 3.32. The number of nitrogens with one attached hydrogen (secondary N) is 6. The lowest BCUT2D eigenvalue weighted by molar-refractivity contribution is -0.152. The Morgan fingerprint density at radius 3 is 1.82 bits per heavy atom. The molecule has 0 bridgehead atoms. The fourth-order valence-electron chi connectivity index (χ4n) is 11.0. The molecule has 7 rings (SSSR count). The fraction of sp³-hybridized carbons (Fsp3) is 0.500. The number of hydrogen-bond donors (Lipinski definition) is 6. The molecule has 0 aromatic heterocycles. The van der Waals surface area contributed by atoms with Gasteiger partial charge in [0.25, 0.3) is 5.91 Å². The van der Waals surface area contributed by atoms with Crippen molar-refractivity contribution < 1.29 is 38.0 Å². The van der Waals surface area contributed by atoms with E-state index < -0.39 is 82.7 Å². The first kappa shape index (κ1) is 59.7. The third-order valence-corrected chi connectivity index (χ3v) is 16.0. The van der Waals surface area contributed by atoms with Gasteiger partial charge in [0.05, 0.1) is 18.1 Å². The molecule has 9 atom stereocenters. The van der Waals surface area contributed by atoms with Crippen molar-refractivity contribution in [3.63, 3.8) is 0 Å². The van der Waals surface area contributed by atoms with E-state index in [4.69, 9.17) is 0 Å². The van der Waals surface area contributed by atoms with Crippen molar-refractivity contribution in [1.29, 1.82) is 0 Å². The van der Waals surface area contributed by atoms with Crippen molar-refractivity contribution in [3.8, 4) is 0 Å². The molecule has 0 spiro atoms. The second-order valence-electron chi connectivity index (χ2n) is 24.0. The van der Waals surface area contributed by atoms with E-state index in [1.54, 1.807) is 80.2 Å². The highest BCUT2D eigenvalue weighted by Gasteiger charge is 2.47. The van der Waals surface area contributed by atoms with Gasteiger partial charge in [-0.2, -0.15) is 0 Å². The van der Waals surface area contributed by atoms with Gasteiger partial charge in [-0.1, -0.05) is 120 Å². The lowest BCUT2D eigenvalue weighted by Gasteiger charge is -2.43. The third-order valence-electron chi connectivity index (χ3n) is 16.0. The van der Waals surface area contributed by atoms with Gasteiger partial charge >= 0.3 is 0 Å². The quantitative estimate of drug-likeness (QED) is 0.0701. The van der Waals surface area contributed by atoms with E-state index in [9.17, 15) is 28.8 Å². The number of carbonyl (C=O) groups excluding carboxylic acids is 7. The van der Waals surface area contributed by atoms with Gasteiger partial charge in [0.15, 0.2) is 0 Å². The Balaban J connectivity index is 1.15. The summed E-state index contributed by atoms with van der Waals surface area (Å²) in [5.74, 6) is -3.08. The normalized spacial score (nSPS) is 20.1. The predicted octanol–water partition coefficient (Wildman–Crippen LogP) is 5.91. The zero-order valence-electron chi connectivity index (χ0n) is 47.9. The number of carbonyl (C=O) groups is 7. The number of benzene rings is 4. The molecule has 7 amide bonds. The van der Waals surface area contributed by atoms with Crippen LogP contribution in [0.5, 0.6) is 0 Å². The molecule has 424 valence electrons. The number of likely N-dealkylation sites (N-methyl/N-ethyl adjacent to an activating group) is 2. The Labute approximate surface area is 465 Å². The van der Waals surface area contributed by atoms with Crippen LogP contribution in [0.4, 0.5) is 4.39 Å². The van der Waals surface area contributed by atoms with E-state index in [1.807, 2.05) is 90.9 Å². The van der Waals surface area contributed by atoms with Crippen LogP contribution in [0.25, 0.3) is 0 Å². The van der Waals surface area contributed by atoms with Gasteiger partial charge in [0.1, 0.15) is 30.0 Å². The molecule has 1 aliphatic carbocycles. The maximum absolute atomic E-state index is 15.5. The van der Waals surface area contributed by atoms with Gasteiger partial charge in [-0.05, 0) is 129 Å². The number of rotatable bonds is 18. The molecule has 4 aromatic rings. The summed E-state index contributed by atoms with van der Waals surface area (Å²) in [6.07, 6.45) is 3.05. The van der Waals surface area contributed by atoms with Crippen LogP contribution in [0.2, 0.25) is 0 Å². The summed E-state index contributed by atoms with van der Waals surface area (Å²) in [6, 6.07) is 22.5. The molecule has 4 aromatic carbocycles. The Morgan fingerprint density at radius 1 is 0.671 bits per heavy atom. The van der Waals surface area contributed by atoms with Crippen molar-refractivity contribution in [2.75, 3.05) is 20.6 Å². The lowest BCUT2D eigenvalue weighted by atomic mass is 9.84. The molecule has 0 radical (unpaired) electrons. The van der Waals surface area contributed by atoms with Crippen LogP contribution in [-0.2, 0) is 61.1 Å². The molecule has 0 saturated carbocycles. The molecule has 6 N–H and O–H groups in total. The van der Waals surface area contributed by atoms with Crippen molar-refractivity contribution in [1.82, 2.24) is 46.6 Å². The summed E-state index contributed by atoms with van der Waals surface area (Å²) >= 11 is 0. The van der Waals surface area contributed by atoms with Crippen LogP contribution in [0.1, 0.15) is 131 Å². The molecule has 16 nitrogen and oxygen atoms in total. The zero-order chi connectivity index (χ0) is 57.5. The summed E-state index contributed by atoms with van der Waals surface area (Å²) in [5.41, 5.74) is 3.94. The monoisotopic (exact) mass is 1080 g/mol. The summed E-state index contributed by atoms with van der Waals surface area (Å²) in [4.78, 5) is 105. The van der Waals surface area contributed by atoms with Crippen LogP contribution in [0.15, 0.2) is 97.1 Å². The highest BCUT2D eigenvalue weighted by atomic mass is 19.1. The Kier molecular flexibility index (Phi) is 19.2. The van der Waals surface area contributed by atoms with Gasteiger partial charge in [0, 0.05) is 43.7 Å². The van der Waals surface area contributed by atoms with Gasteiger partial charge in [-0.15, -0.1) is 0 Å². The van der Waals surface area contributed by atoms with Crippen molar-refractivity contribution in [3.05, 3.63) is 142 Å². The van der Waals surface area contributed by atoms with Crippen molar-refractivity contribution in [2.24, 2.45) is 10.8 Å². The highest BCUT2D eigenvalue weighted by molar-refractivity contribution is 5.97. The summed E-state index contributed by atoms with van der Waals surface area (Å²) in [5, 5.41) is 18.1. The van der Waals surface area contributed by atoms with Gasteiger partial charge in [0.2, 0.25) is 35.4 Å². The Hall–Kier alpha value is -6.98. The van der Waals surface area contributed by atoms with Crippen LogP contribution in [-0.4, -0.2) is 125 Å². The summed E-state index contributed by atoms with van der Waals surface area (Å²) in [6.45, 7) is 16.6. The number of aryl methyl sites for hydroxylation is 1. The SMILES string of the molecule is CN[C@@H](C)C(=O)NC(C(=O)N1Cc2ccccc2C[C@H]1C(=O)N(Cc1ccc(C(=O)N[C@H]2C[C@@H](C(=O)N[C@@H]3CCCc4ccccc43)N(C(=O)[C@@H](NC(=O)[C@H](C)NC)C(C)(C)C)C2)cc1)[C@H](C)Cc1ccccc1F)C(C)(C)C. The second-order valence-corrected chi connectivity index (χ2v) is 24.0. The van der Waals surface area contributed by atoms with Gasteiger partial charge in [-0.3, -0.25) is 33.6 Å². The van der Waals surface area contributed by atoms with E-state index in [1.165, 1.54) is 16.5 Å². The van der Waals surface area contributed by atoms with E-state index in [2.05, 4.69) is 38.0 Å². The molecule has 1 fully saturated rings. The van der Waals surface area contributed by atoms with E-state index in [-0.39, 0.29) is 68.6 Å². The number of hydrogen-bond acceptors (Lipinski definition) is 9. The molecule has 2 heterocycles. The molecule has 79 heavy (non-hydrogen) atoms. The molecule has 2 aliphatic heterocycles. The molecular weight excluding hydrogens is 1000 g/mol.